The first-order chi connectivity index (χ1) is 9.46. The molecule has 0 unspecified atom stereocenters. The van der Waals surface area contributed by atoms with E-state index in [-0.39, 0.29) is 17.0 Å². The van der Waals surface area contributed by atoms with Crippen molar-refractivity contribution in [3.63, 3.8) is 0 Å². The van der Waals surface area contributed by atoms with Gasteiger partial charge >= 0.3 is 0 Å². The van der Waals surface area contributed by atoms with E-state index in [1.807, 2.05) is 18.0 Å². The van der Waals surface area contributed by atoms with Gasteiger partial charge < -0.3 is 9.64 Å². The minimum atomic E-state index is -3.65. The van der Waals surface area contributed by atoms with Crippen molar-refractivity contribution in [1.29, 1.82) is 5.26 Å². The smallest absolute Gasteiger partial charge is 0.240 e. The molecular formula is C13H17N3O3S. The molecule has 1 aromatic carbocycles. The number of methoxy groups -OCH3 is 1. The lowest BCUT2D eigenvalue weighted by Gasteiger charge is -2.18. The molecular weight excluding hydrogens is 278 g/mol. The molecule has 0 saturated carbocycles. The highest BCUT2D eigenvalue weighted by Gasteiger charge is 2.34. The standard InChI is InChI=1S/C13H17N3O3S/c1-16-8-12(13(9-16)19-2)15-20(17,18)11-5-3-4-10(6-11)7-14/h3-6,12-13,15H,8-9H2,1-2H3/t12-,13-/m0/s1. The molecule has 0 aromatic heterocycles. The van der Waals surface area contributed by atoms with Crippen LogP contribution in [0.4, 0.5) is 0 Å². The van der Waals surface area contributed by atoms with Crippen molar-refractivity contribution >= 4 is 10.0 Å². The fourth-order valence-electron chi connectivity index (χ4n) is 2.31. The topological polar surface area (TPSA) is 82.4 Å². The molecule has 1 aromatic rings. The molecule has 1 saturated heterocycles. The lowest BCUT2D eigenvalue weighted by atomic mass is 10.2. The molecule has 1 N–H and O–H groups in total. The Hall–Kier alpha value is -1.46. The van der Waals surface area contributed by atoms with Gasteiger partial charge in [-0.2, -0.15) is 5.26 Å². The van der Waals surface area contributed by atoms with Gasteiger partial charge in [0.2, 0.25) is 10.0 Å². The van der Waals surface area contributed by atoms with Crippen LogP contribution in [-0.2, 0) is 14.8 Å². The average molecular weight is 295 g/mol. The zero-order valence-electron chi connectivity index (χ0n) is 11.4. The van der Waals surface area contributed by atoms with Gasteiger partial charge in [-0.05, 0) is 25.2 Å². The van der Waals surface area contributed by atoms with Gasteiger partial charge in [0.15, 0.2) is 0 Å². The predicted molar refractivity (Wildman–Crippen MR) is 73.6 cm³/mol. The molecule has 1 aliphatic heterocycles. The summed E-state index contributed by atoms with van der Waals surface area (Å²) in [4.78, 5) is 2.11. The SMILES string of the molecule is CO[C@H]1CN(C)C[C@@H]1NS(=O)(=O)c1cccc(C#N)c1. The monoisotopic (exact) mass is 295 g/mol. The molecule has 2 rings (SSSR count). The number of likely N-dealkylation sites (tertiary alicyclic amines) is 1. The molecule has 1 heterocycles. The summed E-state index contributed by atoms with van der Waals surface area (Å²) in [5, 5.41) is 8.83. The Morgan fingerprint density at radius 3 is 2.85 bits per heavy atom. The Balaban J connectivity index is 2.21. The zero-order valence-corrected chi connectivity index (χ0v) is 12.2. The van der Waals surface area contributed by atoms with Crippen LogP contribution >= 0.6 is 0 Å². The number of ether oxygens (including phenoxy) is 1. The van der Waals surface area contributed by atoms with Gasteiger partial charge in [0, 0.05) is 20.2 Å². The second-order valence-electron chi connectivity index (χ2n) is 4.86. The summed E-state index contributed by atoms with van der Waals surface area (Å²) < 4.78 is 32.6. The van der Waals surface area contributed by atoms with Crippen molar-refractivity contribution in [2.24, 2.45) is 0 Å². The summed E-state index contributed by atoms with van der Waals surface area (Å²) in [6.45, 7) is 1.28. The molecule has 6 nitrogen and oxygen atoms in total. The van der Waals surface area contributed by atoms with Crippen LogP contribution < -0.4 is 4.72 Å². The predicted octanol–water partition coefficient (Wildman–Crippen LogP) is 0.166. The van der Waals surface area contributed by atoms with Crippen molar-refractivity contribution in [3.8, 4) is 6.07 Å². The number of sulfonamides is 1. The third kappa shape index (κ3) is 3.16. The van der Waals surface area contributed by atoms with Crippen LogP contribution in [0.15, 0.2) is 29.2 Å². The summed E-state index contributed by atoms with van der Waals surface area (Å²) in [6, 6.07) is 7.61. The van der Waals surface area contributed by atoms with E-state index in [1.165, 1.54) is 12.1 Å². The molecule has 0 radical (unpaired) electrons. The van der Waals surface area contributed by atoms with Gasteiger partial charge in [-0.25, -0.2) is 13.1 Å². The Kier molecular flexibility index (Phi) is 4.40. The molecule has 7 heteroatoms. The molecule has 2 atom stereocenters. The Labute approximate surface area is 119 Å². The molecule has 1 aliphatic rings. The summed E-state index contributed by atoms with van der Waals surface area (Å²) in [5.41, 5.74) is 0.319. The van der Waals surface area contributed by atoms with Crippen LogP contribution in [0.1, 0.15) is 5.56 Å². The van der Waals surface area contributed by atoms with Crippen LogP contribution in [0.25, 0.3) is 0 Å². The third-order valence-electron chi connectivity index (χ3n) is 3.33. The molecule has 0 spiro atoms. The summed E-state index contributed by atoms with van der Waals surface area (Å²) in [6.07, 6.45) is -0.172. The molecule has 108 valence electrons. The fourth-order valence-corrected chi connectivity index (χ4v) is 3.62. The van der Waals surface area contributed by atoms with E-state index in [0.717, 1.165) is 0 Å². The maximum absolute atomic E-state index is 12.3. The maximum Gasteiger partial charge on any atom is 0.240 e. The minimum absolute atomic E-state index is 0.0981. The Morgan fingerprint density at radius 2 is 2.20 bits per heavy atom. The zero-order chi connectivity index (χ0) is 14.8. The Bertz CT molecular complexity index is 624. The van der Waals surface area contributed by atoms with E-state index in [9.17, 15) is 8.42 Å². The number of hydrogen-bond acceptors (Lipinski definition) is 5. The highest BCUT2D eigenvalue weighted by molar-refractivity contribution is 7.89. The van der Waals surface area contributed by atoms with Crippen LogP contribution in [0.2, 0.25) is 0 Å². The van der Waals surface area contributed by atoms with Gasteiger partial charge in [-0.15, -0.1) is 0 Å². The van der Waals surface area contributed by atoms with E-state index in [0.29, 0.717) is 18.7 Å². The van der Waals surface area contributed by atoms with Crippen LogP contribution in [0, 0.1) is 11.3 Å². The second kappa shape index (κ2) is 5.89. The highest BCUT2D eigenvalue weighted by Crippen LogP contribution is 2.16. The van der Waals surface area contributed by atoms with Crippen LogP contribution in [0.3, 0.4) is 0 Å². The number of nitriles is 1. The van der Waals surface area contributed by atoms with E-state index in [1.54, 1.807) is 19.2 Å². The number of nitrogens with one attached hydrogen (secondary N) is 1. The summed E-state index contributed by atoms with van der Waals surface area (Å²) >= 11 is 0. The van der Waals surface area contributed by atoms with E-state index >= 15 is 0 Å². The van der Waals surface area contributed by atoms with E-state index in [4.69, 9.17) is 10.00 Å². The van der Waals surface area contributed by atoms with Crippen molar-refractivity contribution in [2.45, 2.75) is 17.0 Å². The normalized spacial score (nSPS) is 23.6. The lowest BCUT2D eigenvalue weighted by molar-refractivity contribution is 0.0969. The lowest BCUT2D eigenvalue weighted by Crippen LogP contribution is -2.43. The Morgan fingerprint density at radius 1 is 1.45 bits per heavy atom. The fraction of sp³-hybridized carbons (Fsp3) is 0.462. The van der Waals surface area contributed by atoms with E-state index in [2.05, 4.69) is 4.72 Å². The van der Waals surface area contributed by atoms with Crippen LogP contribution in [-0.4, -0.2) is 52.7 Å². The third-order valence-corrected chi connectivity index (χ3v) is 4.82. The first-order valence-corrected chi connectivity index (χ1v) is 7.68. The van der Waals surface area contributed by atoms with Crippen molar-refractivity contribution in [3.05, 3.63) is 29.8 Å². The first-order valence-electron chi connectivity index (χ1n) is 6.20. The quantitative estimate of drug-likeness (QED) is 0.856. The highest BCUT2D eigenvalue weighted by atomic mass is 32.2. The summed E-state index contributed by atoms with van der Waals surface area (Å²) in [7, 11) is -0.166. The second-order valence-corrected chi connectivity index (χ2v) is 6.58. The molecule has 0 amide bonds. The number of nitrogens with zero attached hydrogens (tertiary/aromatic N) is 2. The average Bonchev–Trinajstić information content (AvgIpc) is 2.78. The molecule has 1 fully saturated rings. The van der Waals surface area contributed by atoms with E-state index < -0.39 is 10.0 Å². The van der Waals surface area contributed by atoms with Crippen molar-refractivity contribution in [2.75, 3.05) is 27.2 Å². The number of benzene rings is 1. The van der Waals surface area contributed by atoms with Gasteiger partial charge in [0.25, 0.3) is 0 Å². The van der Waals surface area contributed by atoms with Crippen LogP contribution in [0.5, 0.6) is 0 Å². The number of rotatable bonds is 4. The molecule has 20 heavy (non-hydrogen) atoms. The molecule has 0 bridgehead atoms. The molecule has 0 aliphatic carbocycles. The first kappa shape index (κ1) is 14.9. The summed E-state index contributed by atoms with van der Waals surface area (Å²) in [5.74, 6) is 0. The van der Waals surface area contributed by atoms with Crippen molar-refractivity contribution in [1.82, 2.24) is 9.62 Å². The van der Waals surface area contributed by atoms with Crippen molar-refractivity contribution < 1.29 is 13.2 Å². The van der Waals surface area contributed by atoms with Gasteiger partial charge in [-0.1, -0.05) is 6.07 Å². The minimum Gasteiger partial charge on any atom is -0.378 e. The number of likely N-dealkylation sites (N-methyl/N-ethyl adjacent to an activating group) is 1. The van der Waals surface area contributed by atoms with Gasteiger partial charge in [-0.3, -0.25) is 0 Å². The van der Waals surface area contributed by atoms with Gasteiger partial charge in [0.05, 0.1) is 28.7 Å². The van der Waals surface area contributed by atoms with Gasteiger partial charge in [0.1, 0.15) is 0 Å². The number of hydrogen-bond donors (Lipinski definition) is 1. The largest absolute Gasteiger partial charge is 0.378 e. The maximum atomic E-state index is 12.3.